The summed E-state index contributed by atoms with van der Waals surface area (Å²) in [6, 6.07) is 8.02. The summed E-state index contributed by atoms with van der Waals surface area (Å²) in [5.41, 5.74) is 0.822. The Morgan fingerprint density at radius 3 is 2.72 bits per heavy atom. The summed E-state index contributed by atoms with van der Waals surface area (Å²) in [4.78, 5) is 21.4. The van der Waals surface area contributed by atoms with Crippen molar-refractivity contribution in [3.63, 3.8) is 0 Å². The Bertz CT molecular complexity index is 796. The van der Waals surface area contributed by atoms with E-state index in [4.69, 9.17) is 16.0 Å². The van der Waals surface area contributed by atoms with Gasteiger partial charge in [0, 0.05) is 63.7 Å². The zero-order valence-corrected chi connectivity index (χ0v) is 18.6. The van der Waals surface area contributed by atoms with Crippen LogP contribution in [0.2, 0.25) is 5.02 Å². The number of aryl methyl sites for hydroxylation is 1. The van der Waals surface area contributed by atoms with Gasteiger partial charge in [-0.25, -0.2) is 4.98 Å². The van der Waals surface area contributed by atoms with Gasteiger partial charge in [0.2, 0.25) is 5.91 Å². The van der Waals surface area contributed by atoms with Crippen LogP contribution in [0.4, 0.5) is 0 Å². The summed E-state index contributed by atoms with van der Waals surface area (Å²) >= 11 is 6.20. The molecule has 1 atom stereocenters. The number of hydrogen-bond acceptors (Lipinski definition) is 5. The van der Waals surface area contributed by atoms with Gasteiger partial charge in [-0.2, -0.15) is 0 Å². The average Bonchev–Trinajstić information content (AvgIpc) is 3.37. The number of benzene rings is 1. The number of aromatic nitrogens is 1. The van der Waals surface area contributed by atoms with Crippen molar-refractivity contribution < 1.29 is 9.21 Å². The molecule has 9 heteroatoms. The number of nitrogens with one attached hydrogen (secondary N) is 1. The Kier molecular flexibility index (Phi) is 9.24. The normalized spacial score (nSPS) is 19.5. The minimum Gasteiger partial charge on any atom is -0.441 e. The van der Waals surface area contributed by atoms with Gasteiger partial charge in [-0.15, -0.1) is 24.8 Å². The number of hydrogen-bond donors (Lipinski definition) is 1. The van der Waals surface area contributed by atoms with Crippen molar-refractivity contribution in [3.8, 4) is 11.3 Å². The van der Waals surface area contributed by atoms with Gasteiger partial charge in [-0.1, -0.05) is 23.7 Å². The molecule has 1 N–H and O–H groups in total. The molecule has 0 spiro atoms. The molecule has 0 radical (unpaired) electrons. The Hall–Kier alpha value is -1.31. The molecule has 1 aromatic heterocycles. The molecule has 3 heterocycles. The van der Waals surface area contributed by atoms with Crippen LogP contribution in [0.5, 0.6) is 0 Å². The van der Waals surface area contributed by atoms with Crippen molar-refractivity contribution in [1.82, 2.24) is 20.1 Å². The Morgan fingerprint density at radius 2 is 1.97 bits per heavy atom. The molecule has 29 heavy (non-hydrogen) atoms. The first kappa shape index (κ1) is 24.0. The molecular weight excluding hydrogens is 435 g/mol. The Balaban J connectivity index is 0.00000150. The van der Waals surface area contributed by atoms with E-state index in [1.807, 2.05) is 29.2 Å². The number of likely N-dealkylation sites (tertiary alicyclic amines) is 1. The average molecular weight is 462 g/mol. The molecule has 0 bridgehead atoms. The van der Waals surface area contributed by atoms with Gasteiger partial charge in [0.25, 0.3) is 0 Å². The summed E-state index contributed by atoms with van der Waals surface area (Å²) in [6.45, 7) is 5.94. The number of halogens is 3. The fourth-order valence-corrected chi connectivity index (χ4v) is 4.13. The van der Waals surface area contributed by atoms with Crippen LogP contribution in [0.15, 0.2) is 34.9 Å². The predicted molar refractivity (Wildman–Crippen MR) is 119 cm³/mol. The highest BCUT2D eigenvalue weighted by molar-refractivity contribution is 6.33. The van der Waals surface area contributed by atoms with Crippen LogP contribution in [0, 0.1) is 0 Å². The quantitative estimate of drug-likeness (QED) is 0.740. The predicted octanol–water partition coefficient (Wildman–Crippen LogP) is 3.28. The van der Waals surface area contributed by atoms with Gasteiger partial charge in [-0.05, 0) is 18.6 Å². The number of nitrogens with zero attached hydrogens (tertiary/aromatic N) is 3. The fourth-order valence-electron chi connectivity index (χ4n) is 3.90. The minimum atomic E-state index is 0. The molecule has 2 fully saturated rings. The van der Waals surface area contributed by atoms with Crippen LogP contribution < -0.4 is 5.32 Å². The SMILES string of the molecule is Cl.Cl.O=C(CCc1ncc(-c2ccccc2Cl)o1)N1CCC(N2CCNCC2)C1. The van der Waals surface area contributed by atoms with Crippen LogP contribution in [-0.2, 0) is 11.2 Å². The second-order valence-corrected chi connectivity index (χ2v) is 7.57. The van der Waals surface area contributed by atoms with Crippen LogP contribution in [0.25, 0.3) is 11.3 Å². The van der Waals surface area contributed by atoms with Gasteiger partial charge < -0.3 is 14.6 Å². The Labute approximate surface area is 188 Å². The molecular formula is C20H27Cl3N4O2. The third-order valence-electron chi connectivity index (χ3n) is 5.43. The lowest BCUT2D eigenvalue weighted by Crippen LogP contribution is -2.49. The van der Waals surface area contributed by atoms with E-state index < -0.39 is 0 Å². The first-order chi connectivity index (χ1) is 13.2. The van der Waals surface area contributed by atoms with Crippen molar-refractivity contribution in [2.24, 2.45) is 0 Å². The summed E-state index contributed by atoms with van der Waals surface area (Å²) in [7, 11) is 0. The number of piperazine rings is 1. The third kappa shape index (κ3) is 5.86. The maximum atomic E-state index is 12.6. The molecule has 2 saturated heterocycles. The van der Waals surface area contributed by atoms with Gasteiger partial charge >= 0.3 is 0 Å². The molecule has 160 valence electrons. The summed E-state index contributed by atoms with van der Waals surface area (Å²) in [5.74, 6) is 1.41. The molecule has 2 aromatic rings. The van der Waals surface area contributed by atoms with Crippen molar-refractivity contribution in [2.45, 2.75) is 25.3 Å². The number of carbonyl (C=O) groups is 1. The van der Waals surface area contributed by atoms with E-state index in [0.717, 1.165) is 51.3 Å². The van der Waals surface area contributed by atoms with Gasteiger partial charge in [0.1, 0.15) is 0 Å². The lowest BCUT2D eigenvalue weighted by molar-refractivity contribution is -0.130. The second-order valence-electron chi connectivity index (χ2n) is 7.17. The highest BCUT2D eigenvalue weighted by Crippen LogP contribution is 2.28. The third-order valence-corrected chi connectivity index (χ3v) is 5.76. The highest BCUT2D eigenvalue weighted by atomic mass is 35.5. The highest BCUT2D eigenvalue weighted by Gasteiger charge is 2.30. The van der Waals surface area contributed by atoms with E-state index in [1.165, 1.54) is 0 Å². The number of oxazole rings is 1. The van der Waals surface area contributed by atoms with E-state index in [1.54, 1.807) is 6.20 Å². The molecule has 2 aliphatic rings. The van der Waals surface area contributed by atoms with Crippen molar-refractivity contribution in [2.75, 3.05) is 39.3 Å². The zero-order valence-electron chi connectivity index (χ0n) is 16.2. The van der Waals surface area contributed by atoms with Crippen LogP contribution in [0.3, 0.4) is 0 Å². The van der Waals surface area contributed by atoms with Crippen molar-refractivity contribution in [1.29, 1.82) is 0 Å². The van der Waals surface area contributed by atoms with E-state index in [-0.39, 0.29) is 30.7 Å². The molecule has 0 aliphatic carbocycles. The van der Waals surface area contributed by atoms with Crippen molar-refractivity contribution >= 4 is 42.3 Å². The van der Waals surface area contributed by atoms with Crippen LogP contribution in [-0.4, -0.2) is 66.0 Å². The Morgan fingerprint density at radius 1 is 1.21 bits per heavy atom. The molecule has 6 nitrogen and oxygen atoms in total. The van der Waals surface area contributed by atoms with Crippen molar-refractivity contribution in [3.05, 3.63) is 41.4 Å². The van der Waals surface area contributed by atoms with E-state index in [9.17, 15) is 4.79 Å². The molecule has 0 saturated carbocycles. The standard InChI is InChI=1S/C20H25ClN4O2.2ClH/c21-17-4-2-1-3-16(17)18-13-23-19(27-18)5-6-20(26)25-10-7-15(14-25)24-11-8-22-9-12-24;;/h1-4,13,15,22H,5-12,14H2;2*1H. The van der Waals surface area contributed by atoms with E-state index in [2.05, 4.69) is 15.2 Å². The molecule has 1 unspecified atom stereocenters. The summed E-state index contributed by atoms with van der Waals surface area (Å²) in [6.07, 6.45) is 3.69. The van der Waals surface area contributed by atoms with Gasteiger partial charge in [0.05, 0.1) is 11.2 Å². The number of amides is 1. The molecule has 1 aromatic carbocycles. The molecule has 2 aliphatic heterocycles. The lowest BCUT2D eigenvalue weighted by atomic mass is 10.2. The van der Waals surface area contributed by atoms with E-state index in [0.29, 0.717) is 35.6 Å². The first-order valence-electron chi connectivity index (χ1n) is 9.63. The minimum absolute atomic E-state index is 0. The number of carbonyl (C=O) groups excluding carboxylic acids is 1. The van der Waals surface area contributed by atoms with Crippen LogP contribution in [0.1, 0.15) is 18.7 Å². The molecule has 1 amide bonds. The smallest absolute Gasteiger partial charge is 0.223 e. The second kappa shape index (κ2) is 11.2. The van der Waals surface area contributed by atoms with Gasteiger partial charge in [0.15, 0.2) is 11.7 Å². The monoisotopic (exact) mass is 460 g/mol. The van der Waals surface area contributed by atoms with Crippen LogP contribution >= 0.6 is 36.4 Å². The van der Waals surface area contributed by atoms with E-state index >= 15 is 0 Å². The zero-order chi connectivity index (χ0) is 18.6. The number of rotatable bonds is 5. The summed E-state index contributed by atoms with van der Waals surface area (Å²) in [5, 5.41) is 4.01. The maximum Gasteiger partial charge on any atom is 0.223 e. The largest absolute Gasteiger partial charge is 0.441 e. The van der Waals surface area contributed by atoms with Gasteiger partial charge in [-0.3, -0.25) is 9.69 Å². The fraction of sp³-hybridized carbons (Fsp3) is 0.500. The topological polar surface area (TPSA) is 61.6 Å². The first-order valence-corrected chi connectivity index (χ1v) is 10.0. The maximum absolute atomic E-state index is 12.6. The molecule has 4 rings (SSSR count). The lowest BCUT2D eigenvalue weighted by Gasteiger charge is -2.32. The summed E-state index contributed by atoms with van der Waals surface area (Å²) < 4.78 is 5.80.